The first kappa shape index (κ1) is 28.6. The molecule has 240 valence electrons. The minimum atomic E-state index is -0.415. The van der Waals surface area contributed by atoms with Gasteiger partial charge in [0.1, 0.15) is 22.6 Å². The van der Waals surface area contributed by atoms with Crippen LogP contribution in [0, 0.1) is 11.7 Å². The van der Waals surface area contributed by atoms with Gasteiger partial charge in [0.2, 0.25) is 0 Å². The van der Waals surface area contributed by atoms with Crippen LogP contribution in [0.4, 0.5) is 10.2 Å². The Kier molecular flexibility index (Phi) is 6.53. The number of aromatic nitrogens is 5. The smallest absolute Gasteiger partial charge is 0.158 e. The highest BCUT2D eigenvalue weighted by molar-refractivity contribution is 6.12. The molecule has 10 nitrogen and oxygen atoms in total. The quantitative estimate of drug-likeness (QED) is 0.192. The highest BCUT2D eigenvalue weighted by Gasteiger charge is 2.49. The normalized spacial score (nSPS) is 21.0. The van der Waals surface area contributed by atoms with Crippen LogP contribution in [-0.2, 0) is 6.42 Å². The summed E-state index contributed by atoms with van der Waals surface area (Å²) in [5.41, 5.74) is 4.55. The van der Waals surface area contributed by atoms with Crippen molar-refractivity contribution in [2.75, 3.05) is 52.2 Å². The summed E-state index contributed by atoms with van der Waals surface area (Å²) in [4.78, 5) is 15.0. The molecule has 3 unspecified atom stereocenters. The van der Waals surface area contributed by atoms with E-state index in [2.05, 4.69) is 55.4 Å². The summed E-state index contributed by atoms with van der Waals surface area (Å²) in [6.45, 7) is 3.37. The number of H-pyrrole nitrogens is 1. The Hall–Kier alpha value is -4.58. The summed E-state index contributed by atoms with van der Waals surface area (Å²) in [5, 5.41) is 27.4. The molecule has 0 amide bonds. The lowest BCUT2D eigenvalue weighted by atomic mass is 9.79. The van der Waals surface area contributed by atoms with Gasteiger partial charge in [-0.25, -0.2) is 14.4 Å². The highest BCUT2D eigenvalue weighted by Crippen LogP contribution is 2.49. The molecule has 2 bridgehead atoms. The van der Waals surface area contributed by atoms with Gasteiger partial charge in [-0.05, 0) is 73.6 Å². The summed E-state index contributed by atoms with van der Waals surface area (Å²) >= 11 is 0. The fourth-order valence-electron chi connectivity index (χ4n) is 8.12. The zero-order valence-electron chi connectivity index (χ0n) is 26.8. The number of nitrogens with one attached hydrogen (secondary N) is 3. The molecule has 0 spiro atoms. The Balaban J connectivity index is 1.39. The molecule has 0 radical (unpaired) electrons. The van der Waals surface area contributed by atoms with Crippen LogP contribution in [0.25, 0.3) is 55.0 Å². The van der Waals surface area contributed by atoms with Crippen LogP contribution in [0.2, 0.25) is 0 Å². The molecule has 3 aliphatic heterocycles. The van der Waals surface area contributed by atoms with Gasteiger partial charge in [-0.3, -0.25) is 5.10 Å². The molecule has 3 aromatic heterocycles. The van der Waals surface area contributed by atoms with Crippen molar-refractivity contribution in [3.05, 3.63) is 66.5 Å². The van der Waals surface area contributed by atoms with Crippen molar-refractivity contribution >= 4 is 38.5 Å². The number of phenolic OH excluding ortho intramolecular Hbond substituents is 1. The lowest BCUT2D eigenvalue weighted by Crippen LogP contribution is -2.57. The first-order valence-corrected chi connectivity index (χ1v) is 16.5. The summed E-state index contributed by atoms with van der Waals surface area (Å²) in [5.74, 6) is 1.91. The second kappa shape index (κ2) is 10.7. The van der Waals surface area contributed by atoms with Gasteiger partial charge in [0, 0.05) is 67.4 Å². The second-order valence-corrected chi connectivity index (χ2v) is 13.6. The molecule has 11 heteroatoms. The summed E-state index contributed by atoms with van der Waals surface area (Å²) in [6, 6.07) is 14.2. The minimum absolute atomic E-state index is 0.0796. The number of pyridine rings is 1. The molecule has 3 saturated heterocycles. The molecule has 4 N–H and O–H groups in total. The van der Waals surface area contributed by atoms with E-state index in [0.717, 1.165) is 83.4 Å². The maximum atomic E-state index is 17.7. The lowest BCUT2D eigenvalue weighted by Gasteiger charge is -2.43. The van der Waals surface area contributed by atoms with Gasteiger partial charge in [0.05, 0.1) is 17.8 Å². The summed E-state index contributed by atoms with van der Waals surface area (Å²) < 4.78 is 20.1. The fraction of sp³-hybridized carbons (Fsp3) is 0.361. The Morgan fingerprint density at radius 2 is 1.91 bits per heavy atom. The third-order valence-electron chi connectivity index (χ3n) is 10.7. The van der Waals surface area contributed by atoms with Crippen LogP contribution in [0.3, 0.4) is 0 Å². The summed E-state index contributed by atoms with van der Waals surface area (Å²) in [7, 11) is 6.15. The number of benzene rings is 3. The number of nitrogens with zero attached hydrogens (tertiary/aromatic N) is 6. The number of hydrogen-bond acceptors (Lipinski definition) is 8. The van der Waals surface area contributed by atoms with E-state index < -0.39 is 5.82 Å². The van der Waals surface area contributed by atoms with E-state index in [1.165, 1.54) is 0 Å². The Morgan fingerprint density at radius 1 is 1.06 bits per heavy atom. The third kappa shape index (κ3) is 4.29. The van der Waals surface area contributed by atoms with Crippen molar-refractivity contribution in [1.29, 1.82) is 0 Å². The SMILES string of the molecule is CNCCc1nc2c(N3CC(N(C)C)C3)nc3c(F)c(-c4cc(O)cc5ccccc45)c(-c4cn[nH]c4)cc3c2n1C1C2CNC1C2. The molecule has 47 heavy (non-hydrogen) atoms. The van der Waals surface area contributed by atoms with Gasteiger partial charge in [-0.15, -0.1) is 0 Å². The van der Waals surface area contributed by atoms with E-state index in [0.29, 0.717) is 40.2 Å². The number of phenols is 1. The van der Waals surface area contributed by atoms with E-state index in [1.54, 1.807) is 24.5 Å². The highest BCUT2D eigenvalue weighted by atomic mass is 19.1. The van der Waals surface area contributed by atoms with Crippen molar-refractivity contribution < 1.29 is 9.50 Å². The minimum Gasteiger partial charge on any atom is -0.508 e. The first-order chi connectivity index (χ1) is 22.9. The number of likely N-dealkylation sites (N-methyl/N-ethyl adjacent to an activating group) is 2. The van der Waals surface area contributed by atoms with E-state index in [9.17, 15) is 5.11 Å². The van der Waals surface area contributed by atoms with Crippen molar-refractivity contribution in [3.8, 4) is 28.0 Å². The van der Waals surface area contributed by atoms with Crippen molar-refractivity contribution in [2.24, 2.45) is 5.92 Å². The number of aromatic hydroxyl groups is 1. The van der Waals surface area contributed by atoms with Gasteiger partial charge >= 0.3 is 0 Å². The van der Waals surface area contributed by atoms with Crippen molar-refractivity contribution in [1.82, 2.24) is 40.3 Å². The van der Waals surface area contributed by atoms with Crippen LogP contribution < -0.4 is 15.5 Å². The number of hydrogen-bond donors (Lipinski definition) is 4. The standard InChI is InChI=1S/C36H38FN9O/c1-38-9-8-29-42-33-35(46(29)34-20-11-28(34)39-14-20)27-13-25(21-15-40-41-16-21)30(26-12-23(47)10-19-6-4-5-7-24(19)26)31(37)32(27)43-36(33)45-17-22(18-45)44(2)3/h4-7,10,12-13,15-16,20,22,28,34,38-39,47H,8-9,11,14,17-18H2,1-3H3,(H,40,41). The zero-order valence-corrected chi connectivity index (χ0v) is 26.8. The van der Waals surface area contributed by atoms with Crippen LogP contribution in [0.15, 0.2) is 54.9 Å². The topological polar surface area (TPSA) is 110 Å². The number of fused-ring (bicyclic) bond motifs is 5. The molecule has 3 aromatic carbocycles. The van der Waals surface area contributed by atoms with E-state index in [-0.39, 0.29) is 11.8 Å². The number of aromatic amines is 1. The van der Waals surface area contributed by atoms with Crippen LogP contribution in [0.5, 0.6) is 5.75 Å². The van der Waals surface area contributed by atoms with E-state index in [4.69, 9.17) is 9.97 Å². The van der Waals surface area contributed by atoms with Gasteiger partial charge in [-0.2, -0.15) is 5.10 Å². The first-order valence-electron chi connectivity index (χ1n) is 16.5. The lowest BCUT2D eigenvalue weighted by molar-refractivity contribution is 0.220. The van der Waals surface area contributed by atoms with Crippen molar-refractivity contribution in [2.45, 2.75) is 31.0 Å². The zero-order chi connectivity index (χ0) is 32.0. The van der Waals surface area contributed by atoms with Gasteiger partial charge in [-0.1, -0.05) is 24.3 Å². The van der Waals surface area contributed by atoms with Crippen LogP contribution in [0.1, 0.15) is 18.3 Å². The average molecular weight is 632 g/mol. The summed E-state index contributed by atoms with van der Waals surface area (Å²) in [6.07, 6.45) is 5.42. The van der Waals surface area contributed by atoms with E-state index >= 15 is 4.39 Å². The number of halogens is 1. The molecule has 6 aromatic rings. The molecule has 10 rings (SSSR count). The van der Waals surface area contributed by atoms with Crippen LogP contribution in [-0.4, -0.2) is 94.1 Å². The largest absolute Gasteiger partial charge is 0.508 e. The number of anilines is 1. The predicted molar refractivity (Wildman–Crippen MR) is 183 cm³/mol. The molecule has 1 saturated carbocycles. The molecule has 3 atom stereocenters. The molecule has 4 fully saturated rings. The Bertz CT molecular complexity index is 2160. The molecule has 6 heterocycles. The molecular formula is C36H38FN9O. The third-order valence-corrected chi connectivity index (χ3v) is 10.7. The second-order valence-electron chi connectivity index (χ2n) is 13.6. The van der Waals surface area contributed by atoms with E-state index in [1.807, 2.05) is 31.3 Å². The predicted octanol–water partition coefficient (Wildman–Crippen LogP) is 4.68. The number of rotatable bonds is 8. The molecule has 4 aliphatic rings. The maximum absolute atomic E-state index is 17.7. The average Bonchev–Trinajstić information content (AvgIpc) is 3.85. The van der Waals surface area contributed by atoms with Gasteiger partial charge < -0.3 is 30.1 Å². The maximum Gasteiger partial charge on any atom is 0.158 e. The molecule has 1 aliphatic carbocycles. The van der Waals surface area contributed by atoms with Crippen molar-refractivity contribution in [3.63, 3.8) is 0 Å². The van der Waals surface area contributed by atoms with Gasteiger partial charge in [0.25, 0.3) is 0 Å². The monoisotopic (exact) mass is 631 g/mol. The number of imidazole rings is 1. The Labute approximate surface area is 271 Å². The van der Waals surface area contributed by atoms with Gasteiger partial charge in [0.15, 0.2) is 11.6 Å². The Morgan fingerprint density at radius 3 is 2.64 bits per heavy atom. The molecular weight excluding hydrogens is 593 g/mol. The van der Waals surface area contributed by atoms with Crippen LogP contribution >= 0.6 is 0 Å². The fourth-order valence-corrected chi connectivity index (χ4v) is 8.12.